The Morgan fingerprint density at radius 2 is 1.95 bits per heavy atom. The molecule has 0 fully saturated rings. The number of alkyl halides is 3. The quantitative estimate of drug-likeness (QED) is 0.769. The van der Waals surface area contributed by atoms with Gasteiger partial charge in [0.15, 0.2) is 5.69 Å². The molecule has 1 unspecified atom stereocenters. The van der Waals surface area contributed by atoms with Gasteiger partial charge in [0.05, 0.1) is 5.60 Å². The highest BCUT2D eigenvalue weighted by Crippen LogP contribution is 2.29. The lowest BCUT2D eigenvalue weighted by Gasteiger charge is -2.22. The third kappa shape index (κ3) is 4.55. The Balaban J connectivity index is 2.95. The largest absolute Gasteiger partial charge is 0.433 e. The monoisotopic (exact) mass is 278 g/mol. The van der Waals surface area contributed by atoms with E-state index in [-0.39, 0.29) is 18.3 Å². The zero-order valence-electron chi connectivity index (χ0n) is 11.0. The Hall–Kier alpha value is -1.57. The number of hydrogen-bond donors (Lipinski definition) is 3. The van der Waals surface area contributed by atoms with Crippen LogP contribution in [-0.2, 0) is 6.18 Å². The van der Waals surface area contributed by atoms with Crippen LogP contribution in [0.3, 0.4) is 0 Å². The lowest BCUT2D eigenvalue weighted by molar-refractivity contribution is -0.141. The van der Waals surface area contributed by atoms with E-state index in [9.17, 15) is 18.3 Å². The van der Waals surface area contributed by atoms with Gasteiger partial charge in [-0.3, -0.25) is 0 Å². The third-order valence-corrected chi connectivity index (χ3v) is 2.65. The predicted molar refractivity (Wildman–Crippen MR) is 66.0 cm³/mol. The van der Waals surface area contributed by atoms with Crippen molar-refractivity contribution in [3.05, 3.63) is 11.8 Å². The second-order valence-corrected chi connectivity index (χ2v) is 4.41. The van der Waals surface area contributed by atoms with Crippen molar-refractivity contribution in [2.45, 2.75) is 32.0 Å². The number of aromatic nitrogens is 2. The summed E-state index contributed by atoms with van der Waals surface area (Å²) in [7, 11) is 1.43. The summed E-state index contributed by atoms with van der Waals surface area (Å²) in [6.45, 7) is 3.47. The van der Waals surface area contributed by atoms with E-state index in [0.717, 1.165) is 6.07 Å². The van der Waals surface area contributed by atoms with E-state index < -0.39 is 17.5 Å². The molecule has 0 bridgehead atoms. The minimum absolute atomic E-state index is 0.0143. The maximum absolute atomic E-state index is 12.6. The summed E-state index contributed by atoms with van der Waals surface area (Å²) in [5.74, 6) is -0.117. The van der Waals surface area contributed by atoms with E-state index in [0.29, 0.717) is 6.42 Å². The van der Waals surface area contributed by atoms with Gasteiger partial charge in [-0.25, -0.2) is 4.98 Å². The summed E-state index contributed by atoms with van der Waals surface area (Å²) in [4.78, 5) is 7.20. The van der Waals surface area contributed by atoms with Crippen LogP contribution in [0.1, 0.15) is 26.0 Å². The van der Waals surface area contributed by atoms with Gasteiger partial charge in [0.2, 0.25) is 5.95 Å². The molecular formula is C11H17F3N4O. The van der Waals surface area contributed by atoms with Gasteiger partial charge in [-0.05, 0) is 13.3 Å². The fourth-order valence-corrected chi connectivity index (χ4v) is 1.20. The van der Waals surface area contributed by atoms with Crippen LogP contribution in [-0.4, -0.2) is 34.3 Å². The van der Waals surface area contributed by atoms with Crippen molar-refractivity contribution in [3.63, 3.8) is 0 Å². The smallest absolute Gasteiger partial charge is 0.388 e. The molecule has 1 aromatic rings. The normalized spacial score (nSPS) is 14.9. The van der Waals surface area contributed by atoms with Crippen LogP contribution < -0.4 is 10.6 Å². The van der Waals surface area contributed by atoms with Crippen LogP contribution in [0.2, 0.25) is 0 Å². The summed E-state index contributed by atoms with van der Waals surface area (Å²) in [5.41, 5.74) is -2.05. The predicted octanol–water partition coefficient (Wildman–Crippen LogP) is 2.11. The first kappa shape index (κ1) is 15.5. The standard InChI is InChI=1S/C11H17F3N4O/c1-4-10(2,19)6-16-8-5-7(11(12,13)14)17-9(15-3)18-8/h5,19H,4,6H2,1-3H3,(H2,15,16,17,18). The van der Waals surface area contributed by atoms with Crippen LogP contribution in [0.4, 0.5) is 24.9 Å². The fraction of sp³-hybridized carbons (Fsp3) is 0.636. The molecule has 1 aromatic heterocycles. The summed E-state index contributed by atoms with van der Waals surface area (Å²) in [6.07, 6.45) is -4.08. The molecule has 0 saturated heterocycles. The minimum Gasteiger partial charge on any atom is -0.388 e. The van der Waals surface area contributed by atoms with Gasteiger partial charge in [-0.1, -0.05) is 6.92 Å². The van der Waals surface area contributed by atoms with Crippen LogP contribution in [0.15, 0.2) is 6.07 Å². The number of rotatable bonds is 5. The zero-order chi connectivity index (χ0) is 14.7. The first-order valence-electron chi connectivity index (χ1n) is 5.78. The summed E-state index contributed by atoms with van der Waals surface area (Å²) < 4.78 is 37.9. The van der Waals surface area contributed by atoms with E-state index in [1.165, 1.54) is 7.05 Å². The van der Waals surface area contributed by atoms with Crippen molar-refractivity contribution >= 4 is 11.8 Å². The van der Waals surface area contributed by atoms with E-state index in [1.807, 2.05) is 0 Å². The van der Waals surface area contributed by atoms with Gasteiger partial charge >= 0.3 is 6.18 Å². The maximum Gasteiger partial charge on any atom is 0.433 e. The zero-order valence-corrected chi connectivity index (χ0v) is 11.0. The lowest BCUT2D eigenvalue weighted by Crippen LogP contribution is -2.32. The Morgan fingerprint density at radius 3 is 2.42 bits per heavy atom. The van der Waals surface area contributed by atoms with Crippen molar-refractivity contribution < 1.29 is 18.3 Å². The van der Waals surface area contributed by atoms with Gasteiger partial charge in [0, 0.05) is 19.7 Å². The van der Waals surface area contributed by atoms with Crippen molar-refractivity contribution in [3.8, 4) is 0 Å². The lowest BCUT2D eigenvalue weighted by atomic mass is 10.0. The molecule has 19 heavy (non-hydrogen) atoms. The van der Waals surface area contributed by atoms with Crippen molar-refractivity contribution in [1.29, 1.82) is 0 Å². The first-order chi connectivity index (χ1) is 8.68. The average molecular weight is 278 g/mol. The number of nitrogens with one attached hydrogen (secondary N) is 2. The Labute approximate surface area is 109 Å². The molecule has 0 aliphatic rings. The highest BCUT2D eigenvalue weighted by molar-refractivity contribution is 5.43. The third-order valence-electron chi connectivity index (χ3n) is 2.65. The number of anilines is 2. The van der Waals surface area contributed by atoms with E-state index in [2.05, 4.69) is 20.6 Å². The molecule has 3 N–H and O–H groups in total. The van der Waals surface area contributed by atoms with Crippen LogP contribution in [0, 0.1) is 0 Å². The SMILES string of the molecule is CCC(C)(O)CNc1cc(C(F)(F)F)nc(NC)n1. The van der Waals surface area contributed by atoms with Crippen LogP contribution in [0.5, 0.6) is 0 Å². The number of nitrogens with zero attached hydrogens (tertiary/aromatic N) is 2. The van der Waals surface area contributed by atoms with E-state index >= 15 is 0 Å². The fourth-order valence-electron chi connectivity index (χ4n) is 1.20. The van der Waals surface area contributed by atoms with Crippen molar-refractivity contribution in [2.75, 3.05) is 24.2 Å². The molecule has 0 aliphatic carbocycles. The maximum atomic E-state index is 12.6. The van der Waals surface area contributed by atoms with Gasteiger partial charge in [-0.15, -0.1) is 0 Å². The Bertz CT molecular complexity index is 434. The molecule has 0 aliphatic heterocycles. The molecule has 0 amide bonds. The average Bonchev–Trinajstić information content (AvgIpc) is 2.35. The molecule has 0 aromatic carbocycles. The Morgan fingerprint density at radius 1 is 1.32 bits per heavy atom. The van der Waals surface area contributed by atoms with Crippen molar-refractivity contribution in [1.82, 2.24) is 9.97 Å². The molecule has 1 heterocycles. The molecule has 1 rings (SSSR count). The second kappa shape index (κ2) is 5.60. The Kier molecular flexibility index (Phi) is 4.56. The topological polar surface area (TPSA) is 70.1 Å². The summed E-state index contributed by atoms with van der Waals surface area (Å²) in [6, 6.07) is 0.812. The molecule has 108 valence electrons. The molecule has 1 atom stereocenters. The van der Waals surface area contributed by atoms with Gasteiger partial charge < -0.3 is 15.7 Å². The van der Waals surface area contributed by atoms with Gasteiger partial charge in [0.1, 0.15) is 5.82 Å². The highest BCUT2D eigenvalue weighted by Gasteiger charge is 2.33. The van der Waals surface area contributed by atoms with Gasteiger partial charge in [0.25, 0.3) is 0 Å². The molecule has 5 nitrogen and oxygen atoms in total. The van der Waals surface area contributed by atoms with Gasteiger partial charge in [-0.2, -0.15) is 18.2 Å². The molecule has 0 saturated carbocycles. The molecule has 8 heteroatoms. The first-order valence-corrected chi connectivity index (χ1v) is 5.78. The highest BCUT2D eigenvalue weighted by atomic mass is 19.4. The molecule has 0 radical (unpaired) electrons. The summed E-state index contributed by atoms with van der Waals surface area (Å²) in [5, 5.41) is 14.9. The summed E-state index contributed by atoms with van der Waals surface area (Å²) >= 11 is 0. The number of halogens is 3. The van der Waals surface area contributed by atoms with E-state index in [4.69, 9.17) is 0 Å². The van der Waals surface area contributed by atoms with Crippen molar-refractivity contribution in [2.24, 2.45) is 0 Å². The van der Waals surface area contributed by atoms with Crippen LogP contribution >= 0.6 is 0 Å². The minimum atomic E-state index is -4.54. The second-order valence-electron chi connectivity index (χ2n) is 4.41. The molecule has 0 spiro atoms. The van der Waals surface area contributed by atoms with Crippen LogP contribution in [0.25, 0.3) is 0 Å². The molecular weight excluding hydrogens is 261 g/mol. The number of hydrogen-bond acceptors (Lipinski definition) is 5. The van der Waals surface area contributed by atoms with E-state index in [1.54, 1.807) is 13.8 Å². The number of aliphatic hydroxyl groups is 1.